The molecule has 0 N–H and O–H groups in total. The van der Waals surface area contributed by atoms with E-state index in [-0.39, 0.29) is 0 Å². The van der Waals surface area contributed by atoms with Crippen LogP contribution in [0, 0.1) is 6.92 Å². The first-order valence-corrected chi connectivity index (χ1v) is 19.7. The Morgan fingerprint density at radius 1 is 0.556 bits per heavy atom. The van der Waals surface area contributed by atoms with E-state index in [9.17, 15) is 0 Å². The van der Waals surface area contributed by atoms with Gasteiger partial charge in [-0.15, -0.1) is 11.3 Å². The second-order valence-electron chi connectivity index (χ2n) is 14.7. The molecule has 11 rings (SSSR count). The standard InChI is InChI=1S/C52H36OS/c1-3-11-39-31(2)53-47-30-45-36(28-46(39)47)23-25-48-52(45)44-24-22-38(29-49(44)54-48)51-42-16-9-7-14-40(42)50(41-15-8-10-17-43(41)51)37-21-20-34-26-33(18-19-35(34)27-37)32-12-5-4-6-13-32/h3-17,20-30H,18-19H2,1-2H3/b11-3-. The number of furan rings is 1. The van der Waals surface area contributed by atoms with Gasteiger partial charge in [0, 0.05) is 31.1 Å². The first-order chi connectivity index (χ1) is 26.6. The van der Waals surface area contributed by atoms with Crippen molar-refractivity contribution < 1.29 is 4.42 Å². The summed E-state index contributed by atoms with van der Waals surface area (Å²) in [5.41, 5.74) is 12.8. The van der Waals surface area contributed by atoms with Crippen LogP contribution < -0.4 is 0 Å². The van der Waals surface area contributed by atoms with Crippen LogP contribution in [-0.2, 0) is 6.42 Å². The summed E-state index contributed by atoms with van der Waals surface area (Å²) in [5, 5.41) is 11.4. The summed E-state index contributed by atoms with van der Waals surface area (Å²) >= 11 is 1.88. The van der Waals surface area contributed by atoms with Gasteiger partial charge in [0.25, 0.3) is 0 Å². The van der Waals surface area contributed by atoms with Crippen molar-refractivity contribution in [1.29, 1.82) is 0 Å². The number of fused-ring (bicyclic) bond motifs is 9. The van der Waals surface area contributed by atoms with Gasteiger partial charge >= 0.3 is 0 Å². The quantitative estimate of drug-likeness (QED) is 0.166. The van der Waals surface area contributed by atoms with Crippen LogP contribution in [0.1, 0.15) is 41.4 Å². The number of rotatable bonds is 4. The Morgan fingerprint density at radius 2 is 1.24 bits per heavy atom. The van der Waals surface area contributed by atoms with Crippen molar-refractivity contribution in [2.24, 2.45) is 0 Å². The first kappa shape index (κ1) is 31.3. The molecule has 0 aliphatic heterocycles. The zero-order valence-electron chi connectivity index (χ0n) is 30.2. The minimum Gasteiger partial charge on any atom is -0.461 e. The zero-order valence-corrected chi connectivity index (χ0v) is 31.1. The van der Waals surface area contributed by atoms with Crippen LogP contribution in [0.15, 0.2) is 150 Å². The number of benzene rings is 8. The summed E-state index contributed by atoms with van der Waals surface area (Å²) in [5.74, 6) is 0.959. The highest BCUT2D eigenvalue weighted by atomic mass is 32.1. The van der Waals surface area contributed by atoms with E-state index in [1.165, 1.54) is 108 Å². The summed E-state index contributed by atoms with van der Waals surface area (Å²) in [7, 11) is 0. The van der Waals surface area contributed by atoms with Gasteiger partial charge in [0.1, 0.15) is 11.3 Å². The maximum absolute atomic E-state index is 6.30. The van der Waals surface area contributed by atoms with Gasteiger partial charge < -0.3 is 4.42 Å². The Bertz CT molecular complexity index is 3170. The summed E-state index contributed by atoms with van der Waals surface area (Å²) in [6.45, 7) is 4.12. The van der Waals surface area contributed by atoms with E-state index in [4.69, 9.17) is 4.42 Å². The monoisotopic (exact) mass is 708 g/mol. The normalized spacial score (nSPS) is 13.3. The maximum Gasteiger partial charge on any atom is 0.135 e. The molecule has 256 valence electrons. The molecule has 0 saturated heterocycles. The number of hydrogen-bond donors (Lipinski definition) is 0. The molecule has 0 atom stereocenters. The van der Waals surface area contributed by atoms with E-state index in [0.717, 1.165) is 24.2 Å². The fourth-order valence-electron chi connectivity index (χ4n) is 9.14. The van der Waals surface area contributed by atoms with Gasteiger partial charge in [0.05, 0.1) is 0 Å². The highest BCUT2D eigenvalue weighted by Crippen LogP contribution is 2.47. The third-order valence-corrected chi connectivity index (χ3v) is 12.7. The molecule has 54 heavy (non-hydrogen) atoms. The van der Waals surface area contributed by atoms with Gasteiger partial charge in [-0.25, -0.2) is 0 Å². The SMILES string of the molecule is C/C=C\c1c(C)oc2cc3c(ccc4sc5cc(-c6c7ccccc7c(-c7ccc8c(c7)CCC(c7ccccc7)=C8)c7ccccc67)ccc5c43)cc12. The largest absolute Gasteiger partial charge is 0.461 e. The molecule has 1 aliphatic rings. The molecule has 1 nitrogen and oxygen atoms in total. The van der Waals surface area contributed by atoms with Crippen molar-refractivity contribution in [2.45, 2.75) is 26.7 Å². The molecule has 10 aromatic rings. The van der Waals surface area contributed by atoms with Crippen molar-refractivity contribution in [3.05, 3.63) is 174 Å². The molecule has 2 heterocycles. The predicted octanol–water partition coefficient (Wildman–Crippen LogP) is 15.4. The Labute approximate surface area is 318 Å². The van der Waals surface area contributed by atoms with E-state index < -0.39 is 0 Å². The highest BCUT2D eigenvalue weighted by molar-refractivity contribution is 7.26. The molecule has 0 saturated carbocycles. The van der Waals surface area contributed by atoms with Gasteiger partial charge in [-0.2, -0.15) is 0 Å². The number of thiophene rings is 1. The highest BCUT2D eigenvalue weighted by Gasteiger charge is 2.20. The minimum absolute atomic E-state index is 0.946. The molecule has 0 fully saturated rings. The van der Waals surface area contributed by atoms with Gasteiger partial charge in [-0.05, 0) is 128 Å². The topological polar surface area (TPSA) is 13.1 Å². The van der Waals surface area contributed by atoms with Crippen molar-refractivity contribution in [3.63, 3.8) is 0 Å². The van der Waals surface area contributed by atoms with Gasteiger partial charge in [-0.3, -0.25) is 0 Å². The molecule has 0 spiro atoms. The molecule has 2 heteroatoms. The Kier molecular flexibility index (Phi) is 7.05. The second kappa shape index (κ2) is 12.2. The number of aryl methyl sites for hydroxylation is 2. The molecular formula is C52H36OS. The smallest absolute Gasteiger partial charge is 0.135 e. The van der Waals surface area contributed by atoms with E-state index >= 15 is 0 Å². The maximum atomic E-state index is 6.30. The predicted molar refractivity (Wildman–Crippen MR) is 235 cm³/mol. The van der Waals surface area contributed by atoms with Crippen molar-refractivity contribution in [3.8, 4) is 22.3 Å². The van der Waals surface area contributed by atoms with Crippen LogP contribution in [0.25, 0.3) is 103 Å². The van der Waals surface area contributed by atoms with Crippen molar-refractivity contribution in [1.82, 2.24) is 0 Å². The Morgan fingerprint density at radius 3 is 1.96 bits per heavy atom. The lowest BCUT2D eigenvalue weighted by molar-refractivity contribution is 0.578. The molecule has 0 amide bonds. The van der Waals surface area contributed by atoms with E-state index in [1.54, 1.807) is 0 Å². The first-order valence-electron chi connectivity index (χ1n) is 18.9. The Balaban J connectivity index is 1.08. The van der Waals surface area contributed by atoms with Gasteiger partial charge in [0.15, 0.2) is 0 Å². The van der Waals surface area contributed by atoms with Crippen LogP contribution in [0.4, 0.5) is 0 Å². The van der Waals surface area contributed by atoms with Crippen LogP contribution in [-0.4, -0.2) is 0 Å². The van der Waals surface area contributed by atoms with E-state index in [0.29, 0.717) is 0 Å². The lowest BCUT2D eigenvalue weighted by atomic mass is 9.83. The van der Waals surface area contributed by atoms with Crippen LogP contribution in [0.5, 0.6) is 0 Å². The lowest BCUT2D eigenvalue weighted by Gasteiger charge is -2.21. The van der Waals surface area contributed by atoms with Crippen LogP contribution in [0.2, 0.25) is 0 Å². The van der Waals surface area contributed by atoms with Crippen LogP contribution in [0.3, 0.4) is 0 Å². The minimum atomic E-state index is 0.946. The third kappa shape index (κ3) is 4.77. The summed E-state index contributed by atoms with van der Waals surface area (Å²) in [6.07, 6.45) is 8.73. The Hall–Kier alpha value is -6.22. The summed E-state index contributed by atoms with van der Waals surface area (Å²) in [4.78, 5) is 0. The average Bonchev–Trinajstić information content (AvgIpc) is 3.74. The molecule has 0 bridgehead atoms. The number of hydrogen-bond acceptors (Lipinski definition) is 2. The van der Waals surface area contributed by atoms with Crippen molar-refractivity contribution in [2.75, 3.05) is 0 Å². The third-order valence-electron chi connectivity index (χ3n) is 11.6. The summed E-state index contributed by atoms with van der Waals surface area (Å²) < 4.78 is 8.90. The van der Waals surface area contributed by atoms with Gasteiger partial charge in [0.2, 0.25) is 0 Å². The molecule has 1 aliphatic carbocycles. The van der Waals surface area contributed by atoms with E-state index in [1.807, 2.05) is 11.3 Å². The zero-order chi connectivity index (χ0) is 35.9. The molecule has 8 aromatic carbocycles. The van der Waals surface area contributed by atoms with Crippen molar-refractivity contribution >= 4 is 92.5 Å². The van der Waals surface area contributed by atoms with E-state index in [2.05, 4.69) is 172 Å². The summed E-state index contributed by atoms with van der Waals surface area (Å²) in [6, 6.07) is 52.2. The lowest BCUT2D eigenvalue weighted by Crippen LogP contribution is -2.00. The molecule has 0 radical (unpaired) electrons. The molecule has 2 aromatic heterocycles. The molecule has 0 unspecified atom stereocenters. The fraction of sp³-hybridized carbons (Fsp3) is 0.0769. The number of allylic oxidation sites excluding steroid dienone is 2. The second-order valence-corrected chi connectivity index (χ2v) is 15.8. The fourth-order valence-corrected chi connectivity index (χ4v) is 10.3. The molecular weight excluding hydrogens is 673 g/mol. The average molecular weight is 709 g/mol. The van der Waals surface area contributed by atoms with Gasteiger partial charge in [-0.1, -0.05) is 133 Å². The van der Waals surface area contributed by atoms with Crippen LogP contribution >= 0.6 is 11.3 Å².